The van der Waals surface area contributed by atoms with Gasteiger partial charge in [0.1, 0.15) is 0 Å². The molecule has 0 unspecified atom stereocenters. The van der Waals surface area contributed by atoms with Crippen molar-refractivity contribution in [1.29, 1.82) is 0 Å². The number of hydrogen-bond acceptors (Lipinski definition) is 1. The standard InChI is InChI=1S/C17H26N2O/c1-4-11-19(16-14(2)9-8-10-15(16)3)17(20)18-12-6-5-7-13-18/h8-10H,4-7,11-13H2,1-3H3. The van der Waals surface area contributed by atoms with E-state index in [9.17, 15) is 4.79 Å². The number of carbonyl (C=O) groups excluding carboxylic acids is 1. The monoisotopic (exact) mass is 274 g/mol. The van der Waals surface area contributed by atoms with Gasteiger partial charge >= 0.3 is 6.03 Å². The van der Waals surface area contributed by atoms with Crippen LogP contribution in [0, 0.1) is 13.8 Å². The highest BCUT2D eigenvalue weighted by molar-refractivity contribution is 5.93. The average molecular weight is 274 g/mol. The van der Waals surface area contributed by atoms with Crippen molar-refractivity contribution < 1.29 is 4.79 Å². The molecule has 0 saturated carbocycles. The maximum absolute atomic E-state index is 12.8. The third-order valence-corrected chi connectivity index (χ3v) is 4.01. The van der Waals surface area contributed by atoms with Crippen LogP contribution < -0.4 is 4.90 Å². The first-order valence-corrected chi connectivity index (χ1v) is 7.77. The van der Waals surface area contributed by atoms with Crippen LogP contribution in [-0.4, -0.2) is 30.6 Å². The largest absolute Gasteiger partial charge is 0.324 e. The van der Waals surface area contributed by atoms with Gasteiger partial charge in [-0.15, -0.1) is 0 Å². The normalized spacial score (nSPS) is 15.2. The number of likely N-dealkylation sites (tertiary alicyclic amines) is 1. The molecule has 1 aromatic rings. The summed E-state index contributed by atoms with van der Waals surface area (Å²) >= 11 is 0. The minimum atomic E-state index is 0.184. The first-order valence-electron chi connectivity index (χ1n) is 7.77. The lowest BCUT2D eigenvalue weighted by molar-refractivity contribution is 0.193. The first-order chi connectivity index (χ1) is 9.65. The van der Waals surface area contributed by atoms with Crippen molar-refractivity contribution in [3.8, 4) is 0 Å². The first kappa shape index (κ1) is 14.9. The second kappa shape index (κ2) is 6.78. The van der Waals surface area contributed by atoms with Crippen LogP contribution in [0.1, 0.15) is 43.7 Å². The van der Waals surface area contributed by atoms with Crippen molar-refractivity contribution in [2.45, 2.75) is 46.5 Å². The molecule has 1 heterocycles. The summed E-state index contributed by atoms with van der Waals surface area (Å²) in [5.74, 6) is 0. The van der Waals surface area contributed by atoms with Crippen molar-refractivity contribution >= 4 is 11.7 Å². The van der Waals surface area contributed by atoms with Gasteiger partial charge in [0.25, 0.3) is 0 Å². The number of carbonyl (C=O) groups is 1. The lowest BCUT2D eigenvalue weighted by Gasteiger charge is -2.34. The molecule has 0 bridgehead atoms. The van der Waals surface area contributed by atoms with Crippen LogP contribution in [-0.2, 0) is 0 Å². The van der Waals surface area contributed by atoms with Gasteiger partial charge in [-0.25, -0.2) is 4.79 Å². The molecule has 1 aliphatic rings. The summed E-state index contributed by atoms with van der Waals surface area (Å²) in [6.07, 6.45) is 4.51. The predicted octanol–water partition coefficient (Wildman–Crippen LogP) is 4.13. The number of aryl methyl sites for hydroxylation is 2. The Bertz CT molecular complexity index is 444. The third-order valence-electron chi connectivity index (χ3n) is 4.01. The number of hydrogen-bond donors (Lipinski definition) is 0. The van der Waals surface area contributed by atoms with Crippen LogP contribution >= 0.6 is 0 Å². The van der Waals surface area contributed by atoms with Gasteiger partial charge in [-0.2, -0.15) is 0 Å². The topological polar surface area (TPSA) is 23.6 Å². The molecule has 1 fully saturated rings. The van der Waals surface area contributed by atoms with Crippen molar-refractivity contribution in [3.63, 3.8) is 0 Å². The molecule has 20 heavy (non-hydrogen) atoms. The summed E-state index contributed by atoms with van der Waals surface area (Å²) in [5.41, 5.74) is 3.47. The van der Waals surface area contributed by atoms with Crippen molar-refractivity contribution in [3.05, 3.63) is 29.3 Å². The lowest BCUT2D eigenvalue weighted by Crippen LogP contribution is -2.46. The second-order valence-corrected chi connectivity index (χ2v) is 5.72. The van der Waals surface area contributed by atoms with Crippen LogP contribution in [0.3, 0.4) is 0 Å². The number of amides is 2. The average Bonchev–Trinajstić information content (AvgIpc) is 2.46. The maximum atomic E-state index is 12.8. The molecule has 3 nitrogen and oxygen atoms in total. The fourth-order valence-corrected chi connectivity index (χ4v) is 3.01. The number of urea groups is 1. The predicted molar refractivity (Wildman–Crippen MR) is 84.4 cm³/mol. The zero-order chi connectivity index (χ0) is 14.5. The summed E-state index contributed by atoms with van der Waals surface area (Å²) in [4.78, 5) is 16.8. The molecule has 2 rings (SSSR count). The maximum Gasteiger partial charge on any atom is 0.324 e. The molecule has 2 amide bonds. The minimum absolute atomic E-state index is 0.184. The fourth-order valence-electron chi connectivity index (χ4n) is 3.01. The van der Waals surface area contributed by atoms with Crippen LogP contribution in [0.2, 0.25) is 0 Å². The Hall–Kier alpha value is -1.51. The van der Waals surface area contributed by atoms with E-state index in [0.717, 1.165) is 44.6 Å². The lowest BCUT2D eigenvalue weighted by atomic mass is 10.1. The molecule has 1 aromatic carbocycles. The molecule has 0 spiro atoms. The van der Waals surface area contributed by atoms with Gasteiger partial charge < -0.3 is 4.90 Å². The Balaban J connectivity index is 2.28. The van der Waals surface area contributed by atoms with E-state index < -0.39 is 0 Å². The Labute approximate surface area is 122 Å². The summed E-state index contributed by atoms with van der Waals surface area (Å²) < 4.78 is 0. The summed E-state index contributed by atoms with van der Waals surface area (Å²) in [5, 5.41) is 0. The molecule has 3 heteroatoms. The van der Waals surface area contributed by atoms with E-state index >= 15 is 0 Å². The van der Waals surface area contributed by atoms with Crippen molar-refractivity contribution in [2.24, 2.45) is 0 Å². The number of benzene rings is 1. The van der Waals surface area contributed by atoms with E-state index in [4.69, 9.17) is 0 Å². The van der Waals surface area contributed by atoms with Crippen molar-refractivity contribution in [1.82, 2.24) is 4.90 Å². The molecule has 0 radical (unpaired) electrons. The van der Waals surface area contributed by atoms with E-state index in [-0.39, 0.29) is 6.03 Å². The quantitative estimate of drug-likeness (QED) is 0.813. The molecular formula is C17H26N2O. The smallest absolute Gasteiger partial charge is 0.324 e. The van der Waals surface area contributed by atoms with E-state index in [1.165, 1.54) is 17.5 Å². The molecule has 0 N–H and O–H groups in total. The van der Waals surface area contributed by atoms with E-state index in [2.05, 4.69) is 39.0 Å². The van der Waals surface area contributed by atoms with Gasteiger partial charge in [0.2, 0.25) is 0 Å². The minimum Gasteiger partial charge on any atom is -0.324 e. The molecule has 0 aliphatic carbocycles. The summed E-state index contributed by atoms with van der Waals surface area (Å²) in [6.45, 7) is 8.92. The fraction of sp³-hybridized carbons (Fsp3) is 0.588. The molecule has 0 atom stereocenters. The van der Waals surface area contributed by atoms with Crippen LogP contribution in [0.15, 0.2) is 18.2 Å². The SMILES string of the molecule is CCCN(C(=O)N1CCCCC1)c1c(C)cccc1C. The van der Waals surface area contributed by atoms with Crippen molar-refractivity contribution in [2.75, 3.05) is 24.5 Å². The number of para-hydroxylation sites is 1. The van der Waals surface area contributed by atoms with Gasteiger partial charge in [-0.1, -0.05) is 25.1 Å². The highest BCUT2D eigenvalue weighted by Crippen LogP contribution is 2.26. The Kier molecular flexibility index (Phi) is 5.05. The molecule has 0 aromatic heterocycles. The summed E-state index contributed by atoms with van der Waals surface area (Å²) in [7, 11) is 0. The van der Waals surface area contributed by atoms with Gasteiger partial charge in [0, 0.05) is 19.6 Å². The molecule has 1 aliphatic heterocycles. The van der Waals surface area contributed by atoms with Gasteiger partial charge in [-0.05, 0) is 50.7 Å². The Morgan fingerprint density at radius 2 is 1.75 bits per heavy atom. The molecular weight excluding hydrogens is 248 g/mol. The van der Waals surface area contributed by atoms with Crippen LogP contribution in [0.4, 0.5) is 10.5 Å². The zero-order valence-electron chi connectivity index (χ0n) is 13.0. The van der Waals surface area contributed by atoms with Crippen LogP contribution in [0.25, 0.3) is 0 Å². The number of piperidine rings is 1. The van der Waals surface area contributed by atoms with Crippen LogP contribution in [0.5, 0.6) is 0 Å². The summed E-state index contributed by atoms with van der Waals surface area (Å²) in [6, 6.07) is 6.43. The number of nitrogens with zero attached hydrogens (tertiary/aromatic N) is 2. The highest BCUT2D eigenvalue weighted by atomic mass is 16.2. The highest BCUT2D eigenvalue weighted by Gasteiger charge is 2.25. The Morgan fingerprint density at radius 1 is 1.15 bits per heavy atom. The third kappa shape index (κ3) is 3.14. The van der Waals surface area contributed by atoms with E-state index in [0.29, 0.717) is 0 Å². The number of rotatable bonds is 3. The van der Waals surface area contributed by atoms with Gasteiger partial charge in [0.15, 0.2) is 0 Å². The Morgan fingerprint density at radius 3 is 2.30 bits per heavy atom. The van der Waals surface area contributed by atoms with Gasteiger partial charge in [0.05, 0.1) is 5.69 Å². The molecule has 110 valence electrons. The second-order valence-electron chi connectivity index (χ2n) is 5.72. The molecule has 1 saturated heterocycles. The van der Waals surface area contributed by atoms with E-state index in [1.807, 2.05) is 9.80 Å². The van der Waals surface area contributed by atoms with Gasteiger partial charge in [-0.3, -0.25) is 4.90 Å². The zero-order valence-corrected chi connectivity index (χ0v) is 13.0. The van der Waals surface area contributed by atoms with E-state index in [1.54, 1.807) is 0 Å². The number of anilines is 1.